The van der Waals surface area contributed by atoms with Gasteiger partial charge in [0.2, 0.25) is 0 Å². The van der Waals surface area contributed by atoms with Crippen molar-refractivity contribution in [1.82, 2.24) is 4.90 Å². The third-order valence-corrected chi connectivity index (χ3v) is 11.7. The van der Waals surface area contributed by atoms with E-state index < -0.39 is 23.2 Å². The lowest BCUT2D eigenvalue weighted by Crippen LogP contribution is -2.53. The molecule has 2 aromatic carbocycles. The lowest BCUT2D eigenvalue weighted by atomic mass is 9.64. The highest BCUT2D eigenvalue weighted by Gasteiger charge is 2.58. The van der Waals surface area contributed by atoms with Crippen molar-refractivity contribution in [3.05, 3.63) is 70.3 Å². The van der Waals surface area contributed by atoms with Crippen LogP contribution in [0.15, 0.2) is 48.0 Å². The predicted molar refractivity (Wildman–Crippen MR) is 191 cm³/mol. The summed E-state index contributed by atoms with van der Waals surface area (Å²) in [7, 11) is 3.19. The first-order valence-electron chi connectivity index (χ1n) is 18.4. The molecule has 2 fully saturated rings. The van der Waals surface area contributed by atoms with Gasteiger partial charge in [0.25, 0.3) is 0 Å². The van der Waals surface area contributed by atoms with Crippen LogP contribution in [-0.2, 0) is 17.7 Å². The van der Waals surface area contributed by atoms with Gasteiger partial charge in [-0.1, -0.05) is 50.0 Å². The molecule has 0 saturated heterocycles. The average molecular weight is 676 g/mol. The second kappa shape index (κ2) is 16.1. The zero-order valence-electron chi connectivity index (χ0n) is 30.3. The van der Waals surface area contributed by atoms with Gasteiger partial charge in [0.05, 0.1) is 45.6 Å². The van der Waals surface area contributed by atoms with Crippen molar-refractivity contribution in [2.75, 3.05) is 27.4 Å². The van der Waals surface area contributed by atoms with Gasteiger partial charge in [-0.2, -0.15) is 0 Å². The molecule has 4 aliphatic carbocycles. The molecule has 4 aliphatic rings. The van der Waals surface area contributed by atoms with Gasteiger partial charge in [-0.25, -0.2) is 4.79 Å². The number of allylic oxidation sites excluding steroid dienone is 2. The number of fused-ring (bicyclic) bond motifs is 8. The van der Waals surface area contributed by atoms with E-state index in [4.69, 9.17) is 14.2 Å². The SMILES string of the molecule is CCOC(=O)N(Cc1ccc(OC)cc1OC)C[C@]1(O)CC[C@H]2c3ccc(cc3C(=O)C3CCCCC3)C[C@@H](O)CCC(C)=CCC[C@@]21C. The maximum Gasteiger partial charge on any atom is 0.410 e. The fourth-order valence-corrected chi connectivity index (χ4v) is 8.70. The van der Waals surface area contributed by atoms with Gasteiger partial charge in [-0.15, -0.1) is 0 Å². The van der Waals surface area contributed by atoms with E-state index in [1.807, 2.05) is 18.2 Å². The minimum atomic E-state index is -1.26. The van der Waals surface area contributed by atoms with Crippen LogP contribution in [0.25, 0.3) is 0 Å². The van der Waals surface area contributed by atoms with E-state index in [1.54, 1.807) is 32.1 Å². The zero-order valence-corrected chi connectivity index (χ0v) is 30.3. The highest BCUT2D eigenvalue weighted by Crippen LogP contribution is 2.59. The van der Waals surface area contributed by atoms with Gasteiger partial charge in [0, 0.05) is 28.5 Å². The van der Waals surface area contributed by atoms with Gasteiger partial charge in [0.1, 0.15) is 11.5 Å². The maximum atomic E-state index is 14.3. The summed E-state index contributed by atoms with van der Waals surface area (Å²) in [6, 6.07) is 11.7. The normalized spacial score (nSPS) is 26.3. The van der Waals surface area contributed by atoms with Crippen molar-refractivity contribution >= 4 is 11.9 Å². The number of amides is 1. The number of ether oxygens (including phenoxy) is 3. The predicted octanol–water partition coefficient (Wildman–Crippen LogP) is 8.16. The van der Waals surface area contributed by atoms with Crippen molar-refractivity contribution < 1.29 is 34.0 Å². The molecule has 2 aromatic rings. The fraction of sp³-hybridized carbons (Fsp3) is 0.610. The number of rotatable bonds is 9. The number of Topliss-reactive ketones (excluding diaryl/α,β-unsaturated/α-hetero) is 1. The molecule has 2 N–H and O–H groups in total. The smallest absolute Gasteiger partial charge is 0.410 e. The second-order valence-corrected chi connectivity index (χ2v) is 14.9. The van der Waals surface area contributed by atoms with E-state index in [0.717, 1.165) is 60.8 Å². The van der Waals surface area contributed by atoms with Crippen LogP contribution < -0.4 is 9.47 Å². The number of carbonyl (C=O) groups is 2. The zero-order chi connectivity index (χ0) is 35.2. The van der Waals surface area contributed by atoms with E-state index in [2.05, 4.69) is 32.1 Å². The van der Waals surface area contributed by atoms with Gasteiger partial charge in [-0.3, -0.25) is 4.79 Å². The Hall–Kier alpha value is -3.36. The third kappa shape index (κ3) is 8.18. The number of benzene rings is 2. The van der Waals surface area contributed by atoms with Gasteiger partial charge >= 0.3 is 6.09 Å². The summed E-state index contributed by atoms with van der Waals surface area (Å²) < 4.78 is 16.6. The van der Waals surface area contributed by atoms with E-state index in [9.17, 15) is 19.8 Å². The standard InChI is InChI=1S/C41H57NO7/c1-6-49-39(45)42(26-31-16-18-33(47-4)25-37(31)48-5)27-41(46)22-20-36-34-19-15-29(24-35(34)38(44)30-12-8-7-9-13-30)23-32(43)17-14-28(2)11-10-21-40(36,41)3/h11,15-16,18-19,24-25,30,32,36,43,46H,6-10,12-14,17,20-23,26-27H2,1-5H3/t32-,36-,40-,41+/m0/s1. The van der Waals surface area contributed by atoms with Crippen LogP contribution in [0, 0.1) is 11.3 Å². The Morgan fingerprint density at radius 2 is 1.76 bits per heavy atom. The highest BCUT2D eigenvalue weighted by molar-refractivity contribution is 5.99. The first-order chi connectivity index (χ1) is 23.5. The Morgan fingerprint density at radius 1 is 0.980 bits per heavy atom. The quantitative estimate of drug-likeness (QED) is 0.204. The first kappa shape index (κ1) is 36.9. The molecule has 0 spiro atoms. The molecule has 8 heteroatoms. The monoisotopic (exact) mass is 675 g/mol. The molecule has 4 atom stereocenters. The summed E-state index contributed by atoms with van der Waals surface area (Å²) in [6.07, 6.45) is 10.9. The topological polar surface area (TPSA) is 106 Å². The number of methoxy groups -OCH3 is 2. The minimum Gasteiger partial charge on any atom is -0.497 e. The molecule has 268 valence electrons. The number of hydrogen-bond acceptors (Lipinski definition) is 7. The van der Waals surface area contributed by atoms with Gasteiger partial charge < -0.3 is 29.3 Å². The van der Waals surface area contributed by atoms with Crippen LogP contribution in [0.1, 0.15) is 124 Å². The Labute approximate surface area is 292 Å². The molecule has 2 bridgehead atoms. The van der Waals surface area contributed by atoms with Crippen molar-refractivity contribution in [3.63, 3.8) is 0 Å². The molecule has 2 saturated carbocycles. The molecular formula is C41H57NO7. The largest absolute Gasteiger partial charge is 0.497 e. The van der Waals surface area contributed by atoms with Gasteiger partial charge in [0.15, 0.2) is 5.78 Å². The van der Waals surface area contributed by atoms with Crippen LogP contribution in [0.4, 0.5) is 4.79 Å². The van der Waals surface area contributed by atoms with Gasteiger partial charge in [-0.05, 0) is 107 Å². The Kier molecular flexibility index (Phi) is 12.1. The number of hydrogen-bond donors (Lipinski definition) is 2. The van der Waals surface area contributed by atoms with E-state index in [0.29, 0.717) is 43.6 Å². The summed E-state index contributed by atoms with van der Waals surface area (Å²) in [5.74, 6) is 1.34. The fourth-order valence-electron chi connectivity index (χ4n) is 8.70. The average Bonchev–Trinajstić information content (AvgIpc) is 3.35. The molecule has 0 radical (unpaired) electrons. The molecule has 0 heterocycles. The number of aliphatic hydroxyl groups excluding tert-OH is 1. The lowest BCUT2D eigenvalue weighted by molar-refractivity contribution is -0.0821. The molecular weight excluding hydrogens is 618 g/mol. The Morgan fingerprint density at radius 3 is 2.47 bits per heavy atom. The minimum absolute atomic E-state index is 0.00228. The molecule has 49 heavy (non-hydrogen) atoms. The van der Waals surface area contributed by atoms with Crippen molar-refractivity contribution in [2.24, 2.45) is 11.3 Å². The third-order valence-electron chi connectivity index (χ3n) is 11.7. The molecule has 0 aromatic heterocycles. The summed E-state index contributed by atoms with van der Waals surface area (Å²) in [6.45, 7) is 6.53. The van der Waals surface area contributed by atoms with Crippen LogP contribution in [0.2, 0.25) is 0 Å². The highest BCUT2D eigenvalue weighted by atomic mass is 16.6. The van der Waals surface area contributed by atoms with E-state index >= 15 is 0 Å². The summed E-state index contributed by atoms with van der Waals surface area (Å²) >= 11 is 0. The Balaban J connectivity index is 1.56. The van der Waals surface area contributed by atoms with Crippen molar-refractivity contribution in [1.29, 1.82) is 0 Å². The summed E-state index contributed by atoms with van der Waals surface area (Å²) in [4.78, 5) is 29.5. The molecule has 8 nitrogen and oxygen atoms in total. The van der Waals surface area contributed by atoms with Crippen molar-refractivity contribution in [3.8, 4) is 11.5 Å². The first-order valence-corrected chi connectivity index (χ1v) is 18.4. The summed E-state index contributed by atoms with van der Waals surface area (Å²) in [5, 5.41) is 23.9. The van der Waals surface area contributed by atoms with Crippen LogP contribution in [-0.4, -0.2) is 66.1 Å². The van der Waals surface area contributed by atoms with E-state index in [1.165, 1.54) is 12.0 Å². The molecule has 6 rings (SSSR count). The maximum absolute atomic E-state index is 14.3. The molecule has 0 unspecified atom stereocenters. The van der Waals surface area contributed by atoms with Crippen LogP contribution >= 0.6 is 0 Å². The molecule has 1 amide bonds. The van der Waals surface area contributed by atoms with Crippen LogP contribution in [0.3, 0.4) is 0 Å². The number of carbonyl (C=O) groups excluding carboxylic acids is 2. The van der Waals surface area contributed by atoms with Crippen molar-refractivity contribution in [2.45, 2.75) is 122 Å². The van der Waals surface area contributed by atoms with Crippen LogP contribution in [0.5, 0.6) is 11.5 Å². The molecule has 0 aliphatic heterocycles. The number of aliphatic hydroxyl groups is 2. The number of nitrogens with zero attached hydrogens (tertiary/aromatic N) is 1. The number of ketones is 1. The Bertz CT molecular complexity index is 1500. The second-order valence-electron chi connectivity index (χ2n) is 14.9. The lowest BCUT2D eigenvalue weighted by Gasteiger charge is -2.46. The summed E-state index contributed by atoms with van der Waals surface area (Å²) in [5.41, 5.74) is 2.80. The van der Waals surface area contributed by atoms with E-state index in [-0.39, 0.29) is 37.3 Å².